The molecule has 2 N–H and O–H groups in total. The van der Waals surface area contributed by atoms with Crippen LogP contribution in [0.5, 0.6) is 0 Å². The molecule has 1 saturated heterocycles. The summed E-state index contributed by atoms with van der Waals surface area (Å²) in [4.78, 5) is 0. The Hall–Kier alpha value is -1.07. The van der Waals surface area contributed by atoms with E-state index in [4.69, 9.17) is 10.5 Å². The van der Waals surface area contributed by atoms with Gasteiger partial charge in [0.05, 0.1) is 11.7 Å². The van der Waals surface area contributed by atoms with Gasteiger partial charge >= 0.3 is 6.18 Å². The SMILES string of the molecule is Cc1cc(C(F)(F)F)ccc1C(N)CC1CCCCO1. The molecule has 0 saturated carbocycles. The van der Waals surface area contributed by atoms with Crippen LogP contribution in [0.4, 0.5) is 13.2 Å². The van der Waals surface area contributed by atoms with E-state index in [0.717, 1.165) is 43.6 Å². The zero-order valence-electron chi connectivity index (χ0n) is 11.5. The number of nitrogens with two attached hydrogens (primary N) is 1. The van der Waals surface area contributed by atoms with Gasteiger partial charge in [0.1, 0.15) is 0 Å². The molecule has 1 fully saturated rings. The highest BCUT2D eigenvalue weighted by atomic mass is 19.4. The van der Waals surface area contributed by atoms with Crippen molar-refractivity contribution in [3.8, 4) is 0 Å². The van der Waals surface area contributed by atoms with Crippen molar-refractivity contribution in [2.45, 2.75) is 50.9 Å². The molecular weight excluding hydrogens is 267 g/mol. The van der Waals surface area contributed by atoms with Crippen LogP contribution in [0.15, 0.2) is 18.2 Å². The number of hydrogen-bond donors (Lipinski definition) is 1. The second-order valence-corrected chi connectivity index (χ2v) is 5.40. The molecule has 0 amide bonds. The first-order valence-electron chi connectivity index (χ1n) is 6.93. The predicted molar refractivity (Wildman–Crippen MR) is 71.3 cm³/mol. The Balaban J connectivity index is 2.07. The number of ether oxygens (including phenoxy) is 1. The highest BCUT2D eigenvalue weighted by molar-refractivity contribution is 5.34. The molecule has 0 aliphatic carbocycles. The molecule has 0 radical (unpaired) electrons. The maximum absolute atomic E-state index is 12.6. The van der Waals surface area contributed by atoms with Crippen molar-refractivity contribution in [1.82, 2.24) is 0 Å². The van der Waals surface area contributed by atoms with Gasteiger partial charge in [-0.05, 0) is 55.9 Å². The fourth-order valence-electron chi connectivity index (χ4n) is 2.67. The maximum atomic E-state index is 12.6. The van der Waals surface area contributed by atoms with Crippen LogP contribution in [-0.2, 0) is 10.9 Å². The van der Waals surface area contributed by atoms with E-state index in [2.05, 4.69) is 0 Å². The van der Waals surface area contributed by atoms with Gasteiger partial charge in [-0.2, -0.15) is 13.2 Å². The van der Waals surface area contributed by atoms with Gasteiger partial charge < -0.3 is 10.5 Å². The third-order valence-corrected chi connectivity index (χ3v) is 3.79. The summed E-state index contributed by atoms with van der Waals surface area (Å²) in [5, 5.41) is 0. The summed E-state index contributed by atoms with van der Waals surface area (Å²) in [5.74, 6) is 0. The van der Waals surface area contributed by atoms with Crippen LogP contribution in [-0.4, -0.2) is 12.7 Å². The molecular formula is C15H20F3NO. The topological polar surface area (TPSA) is 35.2 Å². The lowest BCUT2D eigenvalue weighted by atomic mass is 9.93. The largest absolute Gasteiger partial charge is 0.416 e. The third kappa shape index (κ3) is 3.73. The number of rotatable bonds is 3. The van der Waals surface area contributed by atoms with Gasteiger partial charge in [-0.3, -0.25) is 0 Å². The molecule has 1 aliphatic heterocycles. The monoisotopic (exact) mass is 287 g/mol. The molecule has 2 atom stereocenters. The molecule has 0 spiro atoms. The van der Waals surface area contributed by atoms with Gasteiger partial charge in [0.25, 0.3) is 0 Å². The number of benzene rings is 1. The van der Waals surface area contributed by atoms with Gasteiger partial charge in [0.2, 0.25) is 0 Å². The molecule has 1 aromatic rings. The predicted octanol–water partition coefficient (Wildman–Crippen LogP) is 3.97. The van der Waals surface area contributed by atoms with Crippen molar-refractivity contribution >= 4 is 0 Å². The van der Waals surface area contributed by atoms with E-state index >= 15 is 0 Å². The minimum atomic E-state index is -4.31. The molecule has 1 heterocycles. The van der Waals surface area contributed by atoms with Gasteiger partial charge in [-0.1, -0.05) is 6.07 Å². The number of hydrogen-bond acceptors (Lipinski definition) is 2. The maximum Gasteiger partial charge on any atom is 0.416 e. The Morgan fingerprint density at radius 1 is 1.35 bits per heavy atom. The first-order chi connectivity index (χ1) is 9.38. The fourth-order valence-corrected chi connectivity index (χ4v) is 2.67. The Bertz CT molecular complexity index is 453. The van der Waals surface area contributed by atoms with Crippen LogP contribution in [0, 0.1) is 6.92 Å². The summed E-state index contributed by atoms with van der Waals surface area (Å²) in [6.45, 7) is 2.43. The van der Waals surface area contributed by atoms with E-state index in [1.807, 2.05) is 0 Å². The van der Waals surface area contributed by atoms with Gasteiger partial charge in [0.15, 0.2) is 0 Å². The van der Waals surface area contributed by atoms with E-state index in [1.165, 1.54) is 6.07 Å². The van der Waals surface area contributed by atoms with Crippen LogP contribution in [0.3, 0.4) is 0 Å². The van der Waals surface area contributed by atoms with E-state index in [1.54, 1.807) is 6.92 Å². The smallest absolute Gasteiger partial charge is 0.378 e. The lowest BCUT2D eigenvalue weighted by Crippen LogP contribution is -2.25. The van der Waals surface area contributed by atoms with Crippen molar-refractivity contribution in [1.29, 1.82) is 0 Å². The van der Waals surface area contributed by atoms with E-state index in [-0.39, 0.29) is 12.1 Å². The average molecular weight is 287 g/mol. The molecule has 0 aromatic heterocycles. The van der Waals surface area contributed by atoms with Gasteiger partial charge in [-0.15, -0.1) is 0 Å². The summed E-state index contributed by atoms with van der Waals surface area (Å²) in [5.41, 5.74) is 6.86. The molecule has 2 nitrogen and oxygen atoms in total. The number of aryl methyl sites for hydroxylation is 1. The highest BCUT2D eigenvalue weighted by Gasteiger charge is 2.31. The van der Waals surface area contributed by atoms with Crippen LogP contribution in [0.2, 0.25) is 0 Å². The van der Waals surface area contributed by atoms with Gasteiger partial charge in [-0.25, -0.2) is 0 Å². The summed E-state index contributed by atoms with van der Waals surface area (Å²) >= 11 is 0. The van der Waals surface area contributed by atoms with Crippen molar-refractivity contribution in [2.75, 3.05) is 6.61 Å². The Kier molecular flexibility index (Phi) is 4.70. The van der Waals surface area contributed by atoms with E-state index in [0.29, 0.717) is 12.0 Å². The first kappa shape index (κ1) is 15.3. The van der Waals surface area contributed by atoms with E-state index in [9.17, 15) is 13.2 Å². The first-order valence-corrected chi connectivity index (χ1v) is 6.93. The van der Waals surface area contributed by atoms with Crippen LogP contribution in [0.1, 0.15) is 48.4 Å². The average Bonchev–Trinajstić information content (AvgIpc) is 2.38. The molecule has 2 unspecified atom stereocenters. The Morgan fingerprint density at radius 2 is 2.10 bits per heavy atom. The zero-order chi connectivity index (χ0) is 14.8. The zero-order valence-corrected chi connectivity index (χ0v) is 11.5. The van der Waals surface area contributed by atoms with E-state index < -0.39 is 11.7 Å². The van der Waals surface area contributed by atoms with Crippen molar-refractivity contribution in [2.24, 2.45) is 5.73 Å². The Labute approximate surface area is 117 Å². The van der Waals surface area contributed by atoms with Crippen LogP contribution >= 0.6 is 0 Å². The fraction of sp³-hybridized carbons (Fsp3) is 0.600. The lowest BCUT2D eigenvalue weighted by molar-refractivity contribution is -0.137. The summed E-state index contributed by atoms with van der Waals surface area (Å²) < 4.78 is 43.5. The minimum Gasteiger partial charge on any atom is -0.378 e. The minimum absolute atomic E-state index is 0.125. The second-order valence-electron chi connectivity index (χ2n) is 5.40. The molecule has 1 aromatic carbocycles. The standard InChI is InChI=1S/C15H20F3NO/c1-10-8-11(15(16,17)18)5-6-13(10)14(19)9-12-4-2-3-7-20-12/h5-6,8,12,14H,2-4,7,9,19H2,1H3. The quantitative estimate of drug-likeness (QED) is 0.913. The summed E-state index contributed by atoms with van der Waals surface area (Å²) in [7, 11) is 0. The van der Waals surface area contributed by atoms with Crippen LogP contribution in [0.25, 0.3) is 0 Å². The highest BCUT2D eigenvalue weighted by Crippen LogP contribution is 2.32. The van der Waals surface area contributed by atoms with Crippen molar-refractivity contribution in [3.63, 3.8) is 0 Å². The van der Waals surface area contributed by atoms with Crippen molar-refractivity contribution in [3.05, 3.63) is 34.9 Å². The Morgan fingerprint density at radius 3 is 2.65 bits per heavy atom. The number of halogens is 3. The molecule has 112 valence electrons. The van der Waals surface area contributed by atoms with Crippen molar-refractivity contribution < 1.29 is 17.9 Å². The normalized spacial score (nSPS) is 21.8. The van der Waals surface area contributed by atoms with Gasteiger partial charge in [0, 0.05) is 12.6 Å². The second kappa shape index (κ2) is 6.14. The molecule has 1 aliphatic rings. The third-order valence-electron chi connectivity index (χ3n) is 3.79. The number of alkyl halides is 3. The molecule has 2 rings (SSSR count). The summed E-state index contributed by atoms with van der Waals surface area (Å²) in [6.07, 6.45) is -0.339. The lowest BCUT2D eigenvalue weighted by Gasteiger charge is -2.26. The van der Waals surface area contributed by atoms with Crippen LogP contribution < -0.4 is 5.73 Å². The molecule has 0 bridgehead atoms. The molecule has 5 heteroatoms. The molecule has 20 heavy (non-hydrogen) atoms. The summed E-state index contributed by atoms with van der Waals surface area (Å²) in [6, 6.07) is 3.48.